The third-order valence-electron chi connectivity index (χ3n) is 10.1. The van der Waals surface area contributed by atoms with Gasteiger partial charge in [-0.3, -0.25) is 0 Å². The number of hydrogen-bond donors (Lipinski definition) is 4. The number of nitrogens with zero attached hydrogens (tertiary/aromatic N) is 2. The van der Waals surface area contributed by atoms with Gasteiger partial charge in [0.05, 0.1) is 11.4 Å². The molecule has 1 saturated carbocycles. The Bertz CT molecular complexity index is 2040. The summed E-state index contributed by atoms with van der Waals surface area (Å²) in [5.41, 5.74) is 32.1. The van der Waals surface area contributed by atoms with E-state index < -0.39 is 24.0 Å². The van der Waals surface area contributed by atoms with E-state index in [0.717, 1.165) is 56.8 Å². The topological polar surface area (TPSA) is 157 Å². The standard InChI is InChI=1S/C38H40N6O2/c1-5-44(6-2)36-21-13-9-17-25(41)29(21)32(30-22(36)14-10-18-26(30)42)34-37(45)33(38(34)46)31-27-19(11-7-15-23(27)39)35(43(3)4)20-12-8-16-24(40)28(20)31/h7-18,33-34,37-38H,5-6,39-42H2,1-4H3/q-2. The molecule has 46 heavy (non-hydrogen) atoms. The Morgan fingerprint density at radius 2 is 0.826 bits per heavy atom. The molecular weight excluding hydrogens is 572 g/mol. The van der Waals surface area contributed by atoms with Gasteiger partial charge in [-0.15, -0.1) is 12.2 Å². The van der Waals surface area contributed by atoms with Gasteiger partial charge in [0, 0.05) is 93.0 Å². The average molecular weight is 613 g/mol. The summed E-state index contributed by atoms with van der Waals surface area (Å²) in [6, 6.07) is 23.0. The summed E-state index contributed by atoms with van der Waals surface area (Å²) in [4.78, 5) is 4.30. The summed E-state index contributed by atoms with van der Waals surface area (Å²) in [5, 5.41) is 36.2. The van der Waals surface area contributed by atoms with Gasteiger partial charge in [-0.25, -0.2) is 0 Å². The second-order valence-corrected chi connectivity index (χ2v) is 12.7. The number of rotatable bonds is 6. The van der Waals surface area contributed by atoms with Crippen molar-refractivity contribution in [2.24, 2.45) is 0 Å². The van der Waals surface area contributed by atoms with Crippen molar-refractivity contribution in [2.45, 2.75) is 37.9 Å². The summed E-state index contributed by atoms with van der Waals surface area (Å²) >= 11 is 0. The van der Waals surface area contributed by atoms with Gasteiger partial charge in [0.2, 0.25) is 0 Å². The van der Waals surface area contributed by atoms with Crippen molar-refractivity contribution in [3.63, 3.8) is 0 Å². The first-order valence-electron chi connectivity index (χ1n) is 15.9. The number of nitrogen functional groups attached to an aromatic ring is 4. The third-order valence-corrected chi connectivity index (χ3v) is 10.1. The first-order chi connectivity index (χ1) is 22.1. The lowest BCUT2D eigenvalue weighted by atomic mass is 9.60. The lowest BCUT2D eigenvalue weighted by molar-refractivity contribution is -0.535. The van der Waals surface area contributed by atoms with Crippen molar-refractivity contribution >= 4 is 77.2 Å². The predicted octanol–water partition coefficient (Wildman–Crippen LogP) is 4.88. The maximum absolute atomic E-state index is 14.8. The molecule has 8 heteroatoms. The Labute approximate surface area is 268 Å². The van der Waals surface area contributed by atoms with E-state index in [0.29, 0.717) is 44.6 Å². The molecule has 1 aliphatic carbocycles. The van der Waals surface area contributed by atoms with Crippen LogP contribution < -0.4 is 42.9 Å². The fourth-order valence-corrected chi connectivity index (χ4v) is 8.17. The highest BCUT2D eigenvalue weighted by atomic mass is 16.3. The predicted molar refractivity (Wildman–Crippen MR) is 192 cm³/mol. The van der Waals surface area contributed by atoms with Crippen molar-refractivity contribution in [1.29, 1.82) is 0 Å². The molecule has 0 radical (unpaired) electrons. The third kappa shape index (κ3) is 4.00. The van der Waals surface area contributed by atoms with Gasteiger partial charge in [-0.2, -0.15) is 0 Å². The van der Waals surface area contributed by atoms with Crippen LogP contribution in [0.15, 0.2) is 72.8 Å². The molecule has 1 aliphatic rings. The van der Waals surface area contributed by atoms with Gasteiger partial charge in [0.1, 0.15) is 0 Å². The molecule has 0 aromatic heterocycles. The highest BCUT2D eigenvalue weighted by molar-refractivity contribution is 6.21. The monoisotopic (exact) mass is 612 g/mol. The molecule has 0 bridgehead atoms. The van der Waals surface area contributed by atoms with Crippen molar-refractivity contribution in [2.75, 3.05) is 59.9 Å². The maximum Gasteiger partial charge on any atom is 0.0527 e. The van der Waals surface area contributed by atoms with Crippen LogP contribution in [0.25, 0.3) is 43.1 Å². The zero-order chi connectivity index (χ0) is 32.6. The van der Waals surface area contributed by atoms with Crippen LogP contribution in [0, 0.1) is 0 Å². The zero-order valence-corrected chi connectivity index (χ0v) is 26.7. The van der Waals surface area contributed by atoms with Gasteiger partial charge >= 0.3 is 0 Å². The lowest BCUT2D eigenvalue weighted by Gasteiger charge is -2.62. The second kappa shape index (κ2) is 10.9. The minimum Gasteiger partial charge on any atom is -0.851 e. The summed E-state index contributed by atoms with van der Waals surface area (Å²) in [5.74, 6) is -1.77. The Balaban J connectivity index is 1.54. The molecular formula is C38H40N6O2-2. The molecule has 7 rings (SSSR count). The molecule has 8 N–H and O–H groups in total. The van der Waals surface area contributed by atoms with Crippen LogP contribution >= 0.6 is 0 Å². The molecule has 0 amide bonds. The molecule has 6 aromatic rings. The van der Waals surface area contributed by atoms with Crippen molar-refractivity contribution in [3.05, 3.63) is 83.9 Å². The van der Waals surface area contributed by atoms with Crippen molar-refractivity contribution in [1.82, 2.24) is 0 Å². The van der Waals surface area contributed by atoms with Crippen LogP contribution in [-0.4, -0.2) is 39.4 Å². The van der Waals surface area contributed by atoms with E-state index in [9.17, 15) is 10.2 Å². The van der Waals surface area contributed by atoms with Crippen LogP contribution in [0.1, 0.15) is 36.8 Å². The van der Waals surface area contributed by atoms with Crippen LogP contribution in [0.5, 0.6) is 0 Å². The highest BCUT2D eigenvalue weighted by Crippen LogP contribution is 2.56. The van der Waals surface area contributed by atoms with Crippen LogP contribution in [-0.2, 0) is 0 Å². The first-order valence-corrected chi connectivity index (χ1v) is 15.9. The van der Waals surface area contributed by atoms with Crippen LogP contribution in [0.3, 0.4) is 0 Å². The second-order valence-electron chi connectivity index (χ2n) is 12.7. The van der Waals surface area contributed by atoms with E-state index in [1.54, 1.807) is 0 Å². The van der Waals surface area contributed by atoms with Crippen LogP contribution in [0.2, 0.25) is 0 Å². The zero-order valence-electron chi connectivity index (χ0n) is 26.7. The van der Waals surface area contributed by atoms with E-state index in [-0.39, 0.29) is 0 Å². The number of benzene rings is 6. The highest BCUT2D eigenvalue weighted by Gasteiger charge is 2.43. The van der Waals surface area contributed by atoms with E-state index in [4.69, 9.17) is 22.9 Å². The first kappa shape index (κ1) is 29.8. The number of anilines is 6. The molecule has 1 fully saturated rings. The molecule has 2 atom stereocenters. The fraction of sp³-hybridized carbons (Fsp3) is 0.263. The van der Waals surface area contributed by atoms with Gasteiger partial charge in [-0.1, -0.05) is 48.5 Å². The minimum absolute atomic E-state index is 0.511. The number of hydrogen-bond acceptors (Lipinski definition) is 8. The average Bonchev–Trinajstić information content (AvgIpc) is 3.02. The van der Waals surface area contributed by atoms with Gasteiger partial charge < -0.3 is 42.9 Å². The molecule has 2 unspecified atom stereocenters. The SMILES string of the molecule is CCN(CC)c1c2cccc(N)c2c(C2C([O-])C(c3c4c(N)cccc4c(N(C)C)c4cccc(N)c34)C2[O-])c2c(N)cccc12. The quantitative estimate of drug-likeness (QED) is 0.153. The Kier molecular flexibility index (Phi) is 7.03. The molecule has 8 nitrogen and oxygen atoms in total. The summed E-state index contributed by atoms with van der Waals surface area (Å²) in [6.07, 6.45) is -2.58. The molecule has 0 aliphatic heterocycles. The molecule has 0 saturated heterocycles. The van der Waals surface area contributed by atoms with E-state index >= 15 is 0 Å². The minimum atomic E-state index is -1.29. The largest absolute Gasteiger partial charge is 0.851 e. The summed E-state index contributed by atoms with van der Waals surface area (Å²) in [7, 11) is 3.94. The molecule has 236 valence electrons. The van der Waals surface area contributed by atoms with Gasteiger partial charge in [0.15, 0.2) is 0 Å². The summed E-state index contributed by atoms with van der Waals surface area (Å²) in [6.45, 7) is 5.77. The normalized spacial score (nSPS) is 19.6. The fourth-order valence-electron chi connectivity index (χ4n) is 8.17. The molecule has 0 heterocycles. The maximum atomic E-state index is 14.8. The van der Waals surface area contributed by atoms with Crippen molar-refractivity contribution in [3.8, 4) is 0 Å². The molecule has 6 aromatic carbocycles. The van der Waals surface area contributed by atoms with E-state index in [2.05, 4.69) is 18.7 Å². The van der Waals surface area contributed by atoms with Gasteiger partial charge in [-0.05, 0) is 61.1 Å². The van der Waals surface area contributed by atoms with E-state index in [1.807, 2.05) is 91.8 Å². The Morgan fingerprint density at radius 3 is 1.11 bits per heavy atom. The van der Waals surface area contributed by atoms with Gasteiger partial charge in [0.25, 0.3) is 0 Å². The Morgan fingerprint density at radius 1 is 0.522 bits per heavy atom. The molecule has 0 spiro atoms. The van der Waals surface area contributed by atoms with Crippen molar-refractivity contribution < 1.29 is 10.2 Å². The van der Waals surface area contributed by atoms with Crippen LogP contribution in [0.4, 0.5) is 34.1 Å². The lowest BCUT2D eigenvalue weighted by Crippen LogP contribution is -2.63. The van der Waals surface area contributed by atoms with E-state index in [1.165, 1.54) is 0 Å². The number of nitrogens with two attached hydrogens (primary N) is 4. The Hall–Kier alpha value is -4.92. The smallest absolute Gasteiger partial charge is 0.0527 e. The number of fused-ring (bicyclic) bond motifs is 4. The summed E-state index contributed by atoms with van der Waals surface area (Å²) < 4.78 is 0.